The third-order valence-corrected chi connectivity index (χ3v) is 3.37. The lowest BCUT2D eigenvalue weighted by Crippen LogP contribution is -2.00. The van der Waals surface area contributed by atoms with Crippen molar-refractivity contribution in [3.05, 3.63) is 60.4 Å². The molecule has 3 rings (SSSR count). The topological polar surface area (TPSA) is 57.0 Å². The summed E-state index contributed by atoms with van der Waals surface area (Å²) in [6, 6.07) is 12.9. The zero-order chi connectivity index (χ0) is 15.5. The molecule has 3 aromatic rings. The zero-order valence-electron chi connectivity index (χ0n) is 12.4. The summed E-state index contributed by atoms with van der Waals surface area (Å²) >= 11 is 0. The molecular formula is C17H15N3O2. The fourth-order valence-electron chi connectivity index (χ4n) is 2.23. The van der Waals surface area contributed by atoms with Crippen LogP contribution in [0.25, 0.3) is 22.8 Å². The fraction of sp³-hybridized carbons (Fsp3) is 0.118. The van der Waals surface area contributed by atoms with Gasteiger partial charge in [0.15, 0.2) is 5.82 Å². The Labute approximate surface area is 128 Å². The van der Waals surface area contributed by atoms with Gasteiger partial charge in [-0.2, -0.15) is 0 Å². The molecule has 0 aliphatic rings. The van der Waals surface area contributed by atoms with Crippen molar-refractivity contribution in [1.82, 2.24) is 14.5 Å². The van der Waals surface area contributed by atoms with E-state index in [2.05, 4.69) is 9.97 Å². The van der Waals surface area contributed by atoms with Crippen LogP contribution < -0.4 is 0 Å². The number of methoxy groups -OCH3 is 1. The SMILES string of the molecule is COC(=O)c1ccc(-c2cn(C)c(-c3ccccn3)n2)cc1. The van der Waals surface area contributed by atoms with Crippen LogP contribution in [-0.4, -0.2) is 27.6 Å². The number of hydrogen-bond donors (Lipinski definition) is 0. The first kappa shape index (κ1) is 14.0. The number of benzene rings is 1. The molecule has 0 aliphatic heterocycles. The van der Waals surface area contributed by atoms with Gasteiger partial charge in [0.1, 0.15) is 5.69 Å². The normalized spacial score (nSPS) is 10.5. The lowest BCUT2D eigenvalue weighted by atomic mass is 10.1. The summed E-state index contributed by atoms with van der Waals surface area (Å²) in [6.45, 7) is 0. The van der Waals surface area contributed by atoms with E-state index in [1.807, 2.05) is 48.1 Å². The second-order valence-corrected chi connectivity index (χ2v) is 4.84. The summed E-state index contributed by atoms with van der Waals surface area (Å²) < 4.78 is 6.63. The molecule has 0 bridgehead atoms. The first-order valence-corrected chi connectivity index (χ1v) is 6.82. The largest absolute Gasteiger partial charge is 0.465 e. The molecule has 0 N–H and O–H groups in total. The average molecular weight is 293 g/mol. The minimum Gasteiger partial charge on any atom is -0.465 e. The van der Waals surface area contributed by atoms with Crippen LogP contribution in [0, 0.1) is 0 Å². The number of carbonyl (C=O) groups excluding carboxylic acids is 1. The molecule has 5 nitrogen and oxygen atoms in total. The molecule has 22 heavy (non-hydrogen) atoms. The molecule has 5 heteroatoms. The molecule has 0 radical (unpaired) electrons. The highest BCUT2D eigenvalue weighted by Crippen LogP contribution is 2.23. The first-order chi connectivity index (χ1) is 10.7. The summed E-state index contributed by atoms with van der Waals surface area (Å²) in [4.78, 5) is 20.4. The van der Waals surface area contributed by atoms with Crippen molar-refractivity contribution in [3.63, 3.8) is 0 Å². The zero-order valence-corrected chi connectivity index (χ0v) is 12.4. The summed E-state index contributed by atoms with van der Waals surface area (Å²) in [7, 11) is 3.30. The number of ether oxygens (including phenoxy) is 1. The van der Waals surface area contributed by atoms with Gasteiger partial charge in [-0.1, -0.05) is 18.2 Å². The van der Waals surface area contributed by atoms with Crippen LogP contribution in [-0.2, 0) is 11.8 Å². The first-order valence-electron chi connectivity index (χ1n) is 6.82. The summed E-state index contributed by atoms with van der Waals surface area (Å²) in [6.07, 6.45) is 3.69. The number of nitrogens with zero attached hydrogens (tertiary/aromatic N) is 3. The number of esters is 1. The van der Waals surface area contributed by atoms with Gasteiger partial charge in [-0.15, -0.1) is 0 Å². The Morgan fingerprint density at radius 2 is 1.86 bits per heavy atom. The molecule has 0 atom stereocenters. The number of aromatic nitrogens is 3. The van der Waals surface area contributed by atoms with Crippen LogP contribution in [0.1, 0.15) is 10.4 Å². The molecule has 0 saturated carbocycles. The highest BCUT2D eigenvalue weighted by molar-refractivity contribution is 5.89. The van der Waals surface area contributed by atoms with Gasteiger partial charge < -0.3 is 9.30 Å². The maximum absolute atomic E-state index is 11.5. The molecular weight excluding hydrogens is 278 g/mol. The second-order valence-electron chi connectivity index (χ2n) is 4.84. The Hall–Kier alpha value is -2.95. The fourth-order valence-corrected chi connectivity index (χ4v) is 2.23. The van der Waals surface area contributed by atoms with Crippen molar-refractivity contribution in [2.45, 2.75) is 0 Å². The van der Waals surface area contributed by atoms with Gasteiger partial charge in [0.2, 0.25) is 0 Å². The summed E-state index contributed by atoms with van der Waals surface area (Å²) in [5.41, 5.74) is 3.11. The Morgan fingerprint density at radius 3 is 2.50 bits per heavy atom. The highest BCUT2D eigenvalue weighted by atomic mass is 16.5. The lowest BCUT2D eigenvalue weighted by molar-refractivity contribution is 0.0601. The Kier molecular flexibility index (Phi) is 3.70. The van der Waals surface area contributed by atoms with Gasteiger partial charge >= 0.3 is 5.97 Å². The van der Waals surface area contributed by atoms with Gasteiger partial charge in [-0.05, 0) is 24.3 Å². The van der Waals surface area contributed by atoms with Crippen LogP contribution >= 0.6 is 0 Å². The van der Waals surface area contributed by atoms with Crippen molar-refractivity contribution >= 4 is 5.97 Å². The summed E-state index contributed by atoms with van der Waals surface area (Å²) in [5.74, 6) is 0.453. The van der Waals surface area contributed by atoms with Gasteiger partial charge in [-0.3, -0.25) is 4.98 Å². The Morgan fingerprint density at radius 1 is 1.09 bits per heavy atom. The lowest BCUT2D eigenvalue weighted by Gasteiger charge is -2.00. The second kappa shape index (κ2) is 5.81. The van der Waals surface area contributed by atoms with E-state index in [-0.39, 0.29) is 5.97 Å². The average Bonchev–Trinajstić information content (AvgIpc) is 2.97. The monoisotopic (exact) mass is 293 g/mol. The van der Waals surface area contributed by atoms with E-state index in [1.54, 1.807) is 18.3 Å². The van der Waals surface area contributed by atoms with Crippen molar-refractivity contribution in [2.24, 2.45) is 7.05 Å². The van der Waals surface area contributed by atoms with Crippen LogP contribution in [0.4, 0.5) is 0 Å². The van der Waals surface area contributed by atoms with Crippen LogP contribution in [0.5, 0.6) is 0 Å². The van der Waals surface area contributed by atoms with Crippen molar-refractivity contribution in [2.75, 3.05) is 7.11 Å². The van der Waals surface area contributed by atoms with E-state index in [0.29, 0.717) is 5.56 Å². The maximum Gasteiger partial charge on any atom is 0.337 e. The maximum atomic E-state index is 11.5. The highest BCUT2D eigenvalue weighted by Gasteiger charge is 2.11. The summed E-state index contributed by atoms with van der Waals surface area (Å²) in [5, 5.41) is 0. The minimum absolute atomic E-state index is 0.346. The van der Waals surface area contributed by atoms with Crippen molar-refractivity contribution < 1.29 is 9.53 Å². The molecule has 2 aromatic heterocycles. The molecule has 0 saturated heterocycles. The number of imidazole rings is 1. The van der Waals surface area contributed by atoms with Gasteiger partial charge in [0.05, 0.1) is 18.4 Å². The molecule has 1 aromatic carbocycles. The van der Waals surface area contributed by atoms with Gasteiger partial charge in [0, 0.05) is 25.0 Å². The molecule has 2 heterocycles. The molecule has 0 spiro atoms. The third-order valence-electron chi connectivity index (χ3n) is 3.37. The van der Waals surface area contributed by atoms with E-state index < -0.39 is 0 Å². The quantitative estimate of drug-likeness (QED) is 0.697. The van der Waals surface area contributed by atoms with Crippen LogP contribution in [0.3, 0.4) is 0 Å². The Bertz CT molecular complexity index is 793. The van der Waals surface area contributed by atoms with E-state index in [9.17, 15) is 4.79 Å². The molecule has 110 valence electrons. The molecule has 0 amide bonds. The number of carbonyl (C=O) groups is 1. The van der Waals surface area contributed by atoms with E-state index in [4.69, 9.17) is 4.74 Å². The molecule has 0 unspecified atom stereocenters. The standard InChI is InChI=1S/C17H15N3O2/c1-20-11-15(19-16(20)14-5-3-4-10-18-14)12-6-8-13(9-7-12)17(21)22-2/h3-11H,1-2H3. The van der Waals surface area contributed by atoms with Crippen molar-refractivity contribution in [3.8, 4) is 22.8 Å². The number of rotatable bonds is 3. The van der Waals surface area contributed by atoms with Gasteiger partial charge in [-0.25, -0.2) is 9.78 Å². The predicted octanol–water partition coefficient (Wildman–Crippen LogP) is 2.94. The minimum atomic E-state index is -0.346. The third kappa shape index (κ3) is 2.61. The Balaban J connectivity index is 1.95. The molecule has 0 aliphatic carbocycles. The smallest absolute Gasteiger partial charge is 0.337 e. The number of pyridine rings is 1. The van der Waals surface area contributed by atoms with Gasteiger partial charge in [0.25, 0.3) is 0 Å². The van der Waals surface area contributed by atoms with Crippen LogP contribution in [0.15, 0.2) is 54.9 Å². The van der Waals surface area contributed by atoms with E-state index >= 15 is 0 Å². The van der Waals surface area contributed by atoms with Crippen LogP contribution in [0.2, 0.25) is 0 Å². The molecule has 0 fully saturated rings. The van der Waals surface area contributed by atoms with E-state index in [1.165, 1.54) is 7.11 Å². The number of aryl methyl sites for hydroxylation is 1. The predicted molar refractivity (Wildman–Crippen MR) is 83.2 cm³/mol. The number of hydrogen-bond acceptors (Lipinski definition) is 4. The van der Waals surface area contributed by atoms with E-state index in [0.717, 1.165) is 22.8 Å². The van der Waals surface area contributed by atoms with Crippen molar-refractivity contribution in [1.29, 1.82) is 0 Å².